The average Bonchev–Trinajstić information content (AvgIpc) is 2.93. The molecule has 1 heterocycles. The number of hydrogen-bond acceptors (Lipinski definition) is 3. The molecule has 1 saturated carbocycles. The molecular weight excluding hydrogens is 404 g/mol. The maximum absolute atomic E-state index is 13.0. The molecule has 2 aliphatic rings. The van der Waals surface area contributed by atoms with Crippen LogP contribution in [0.2, 0.25) is 0 Å². The molecule has 1 aliphatic carbocycles. The summed E-state index contributed by atoms with van der Waals surface area (Å²) in [5.74, 6) is -0.226. The van der Waals surface area contributed by atoms with Crippen molar-refractivity contribution in [3.05, 3.63) is 29.8 Å². The maximum Gasteiger partial charge on any atom is 0.416 e. The van der Waals surface area contributed by atoms with E-state index in [4.69, 9.17) is 0 Å². The highest BCUT2D eigenvalue weighted by Crippen LogP contribution is 2.48. The molecule has 1 aromatic carbocycles. The first-order chi connectivity index (χ1) is 13.3. The summed E-state index contributed by atoms with van der Waals surface area (Å²) in [5, 5.41) is 10.5. The van der Waals surface area contributed by atoms with Crippen molar-refractivity contribution in [1.82, 2.24) is 0 Å². The van der Waals surface area contributed by atoms with E-state index in [1.54, 1.807) is 0 Å². The Balaban J connectivity index is 1.61. The van der Waals surface area contributed by atoms with Crippen molar-refractivity contribution in [2.75, 3.05) is 24.7 Å². The van der Waals surface area contributed by atoms with Gasteiger partial charge in [0, 0.05) is 12.2 Å². The zero-order chi connectivity index (χ0) is 21.5. The Kier molecular flexibility index (Phi) is 5.63. The van der Waals surface area contributed by atoms with E-state index < -0.39 is 42.1 Å². The SMILES string of the molecule is O=C1N(c2ccc(C(F)(F)F)cc2)CCC12CCC(O)(COCC(F)(F)F)CC2. The Bertz CT molecular complexity index is 736. The zero-order valence-corrected chi connectivity index (χ0v) is 15.4. The number of benzene rings is 1. The molecule has 162 valence electrons. The van der Waals surface area contributed by atoms with Crippen LogP contribution in [0.25, 0.3) is 0 Å². The number of nitrogens with zero attached hydrogens (tertiary/aromatic N) is 1. The molecule has 2 fully saturated rings. The summed E-state index contributed by atoms with van der Waals surface area (Å²) < 4.78 is 79.3. The van der Waals surface area contributed by atoms with E-state index in [1.165, 1.54) is 17.0 Å². The van der Waals surface area contributed by atoms with Crippen LogP contribution in [-0.2, 0) is 15.7 Å². The molecule has 1 aromatic rings. The molecule has 10 heteroatoms. The summed E-state index contributed by atoms with van der Waals surface area (Å²) in [7, 11) is 0. The highest BCUT2D eigenvalue weighted by molar-refractivity contribution is 6.00. The number of amides is 1. The quantitative estimate of drug-likeness (QED) is 0.732. The summed E-state index contributed by atoms with van der Waals surface area (Å²) in [6, 6.07) is 4.35. The number of rotatable bonds is 4. The maximum atomic E-state index is 13.0. The van der Waals surface area contributed by atoms with Crippen LogP contribution in [0.1, 0.15) is 37.7 Å². The number of carbonyl (C=O) groups excluding carboxylic acids is 1. The number of anilines is 1. The molecule has 0 bridgehead atoms. The lowest BCUT2D eigenvalue weighted by Crippen LogP contribution is -2.46. The lowest BCUT2D eigenvalue weighted by molar-refractivity contribution is -0.191. The average molecular weight is 425 g/mol. The molecule has 1 spiro atoms. The highest BCUT2D eigenvalue weighted by Gasteiger charge is 2.51. The Labute approximate surface area is 163 Å². The van der Waals surface area contributed by atoms with Gasteiger partial charge in [-0.1, -0.05) is 0 Å². The van der Waals surface area contributed by atoms with Crippen molar-refractivity contribution in [1.29, 1.82) is 0 Å². The number of carbonyl (C=O) groups is 1. The van der Waals surface area contributed by atoms with E-state index in [-0.39, 0.29) is 31.6 Å². The van der Waals surface area contributed by atoms with Gasteiger partial charge in [0.1, 0.15) is 6.61 Å². The van der Waals surface area contributed by atoms with Gasteiger partial charge in [-0.2, -0.15) is 26.3 Å². The van der Waals surface area contributed by atoms with Gasteiger partial charge in [0.15, 0.2) is 0 Å². The minimum absolute atomic E-state index is 0.122. The van der Waals surface area contributed by atoms with E-state index in [2.05, 4.69) is 4.74 Å². The molecule has 0 radical (unpaired) electrons. The lowest BCUT2D eigenvalue weighted by atomic mass is 9.68. The van der Waals surface area contributed by atoms with E-state index >= 15 is 0 Å². The fraction of sp³-hybridized carbons (Fsp3) is 0.632. The molecular formula is C19H21F6NO3. The van der Waals surface area contributed by atoms with Gasteiger partial charge in [-0.05, 0) is 56.4 Å². The summed E-state index contributed by atoms with van der Waals surface area (Å²) in [6.07, 6.45) is -7.64. The van der Waals surface area contributed by atoms with Crippen LogP contribution in [-0.4, -0.2) is 42.5 Å². The number of alkyl halides is 6. The second-order valence-electron chi connectivity index (χ2n) is 7.86. The number of halogens is 6. The van der Waals surface area contributed by atoms with Gasteiger partial charge >= 0.3 is 12.4 Å². The van der Waals surface area contributed by atoms with Gasteiger partial charge < -0.3 is 14.7 Å². The smallest absolute Gasteiger partial charge is 0.387 e. The van der Waals surface area contributed by atoms with Crippen molar-refractivity contribution in [3.8, 4) is 0 Å². The van der Waals surface area contributed by atoms with E-state index in [9.17, 15) is 36.2 Å². The Morgan fingerprint density at radius 3 is 2.07 bits per heavy atom. The molecule has 1 amide bonds. The topological polar surface area (TPSA) is 49.8 Å². The third kappa shape index (κ3) is 4.85. The van der Waals surface area contributed by atoms with E-state index in [0.717, 1.165) is 12.1 Å². The van der Waals surface area contributed by atoms with Gasteiger partial charge in [-0.3, -0.25) is 4.79 Å². The van der Waals surface area contributed by atoms with E-state index in [0.29, 0.717) is 18.7 Å². The van der Waals surface area contributed by atoms with Crippen molar-refractivity contribution in [3.63, 3.8) is 0 Å². The zero-order valence-electron chi connectivity index (χ0n) is 15.4. The largest absolute Gasteiger partial charge is 0.416 e. The number of ether oxygens (including phenoxy) is 1. The second-order valence-corrected chi connectivity index (χ2v) is 7.86. The van der Waals surface area contributed by atoms with Crippen LogP contribution in [0, 0.1) is 5.41 Å². The molecule has 3 rings (SSSR count). The van der Waals surface area contributed by atoms with Crippen molar-refractivity contribution < 1.29 is 41.0 Å². The van der Waals surface area contributed by atoms with Crippen molar-refractivity contribution in [2.45, 2.75) is 50.1 Å². The minimum Gasteiger partial charge on any atom is -0.387 e. The Hall–Kier alpha value is -1.81. The molecule has 4 nitrogen and oxygen atoms in total. The molecule has 1 aliphatic heterocycles. The van der Waals surface area contributed by atoms with Crippen LogP contribution in [0.5, 0.6) is 0 Å². The predicted octanol–water partition coefficient (Wildman–Crippen LogP) is 4.31. The summed E-state index contributed by atoms with van der Waals surface area (Å²) in [5.41, 5.74) is -2.60. The van der Waals surface area contributed by atoms with Crippen molar-refractivity contribution >= 4 is 11.6 Å². The van der Waals surface area contributed by atoms with Crippen LogP contribution in [0.3, 0.4) is 0 Å². The van der Waals surface area contributed by atoms with Gasteiger partial charge in [-0.15, -0.1) is 0 Å². The minimum atomic E-state index is -4.48. The number of hydrogen-bond donors (Lipinski definition) is 1. The lowest BCUT2D eigenvalue weighted by Gasteiger charge is -2.40. The summed E-state index contributed by atoms with van der Waals surface area (Å²) >= 11 is 0. The molecule has 0 unspecified atom stereocenters. The first-order valence-corrected chi connectivity index (χ1v) is 9.20. The molecule has 0 aromatic heterocycles. The van der Waals surface area contributed by atoms with Crippen LogP contribution >= 0.6 is 0 Å². The highest BCUT2D eigenvalue weighted by atomic mass is 19.4. The molecule has 1 saturated heterocycles. The van der Waals surface area contributed by atoms with Crippen molar-refractivity contribution in [2.24, 2.45) is 5.41 Å². The number of aliphatic hydroxyl groups is 1. The summed E-state index contributed by atoms with van der Waals surface area (Å²) in [6.45, 7) is -1.56. The molecule has 0 atom stereocenters. The third-order valence-corrected chi connectivity index (χ3v) is 5.79. The second kappa shape index (κ2) is 7.46. The van der Waals surface area contributed by atoms with E-state index in [1.807, 2.05) is 0 Å². The first kappa shape index (κ1) is 21.9. The fourth-order valence-electron chi connectivity index (χ4n) is 4.06. The Morgan fingerprint density at radius 1 is 0.966 bits per heavy atom. The van der Waals surface area contributed by atoms with Gasteiger partial charge in [-0.25, -0.2) is 0 Å². The first-order valence-electron chi connectivity index (χ1n) is 9.20. The standard InChI is InChI=1S/C19H21F6NO3/c20-18(21,22)12-29-11-17(28)7-5-16(6-8-17)9-10-26(15(16)27)14-3-1-13(2-4-14)19(23,24)25/h1-4,28H,5-12H2. The normalized spacial score (nSPS) is 28.4. The molecule has 1 N–H and O–H groups in total. The van der Waals surface area contributed by atoms with Gasteiger partial charge in [0.05, 0.1) is 23.2 Å². The monoisotopic (exact) mass is 425 g/mol. The molecule has 29 heavy (non-hydrogen) atoms. The summed E-state index contributed by atoms with van der Waals surface area (Å²) in [4.78, 5) is 14.4. The van der Waals surface area contributed by atoms with Gasteiger partial charge in [0.25, 0.3) is 0 Å². The van der Waals surface area contributed by atoms with Crippen LogP contribution in [0.15, 0.2) is 24.3 Å². The van der Waals surface area contributed by atoms with Gasteiger partial charge in [0.2, 0.25) is 5.91 Å². The fourth-order valence-corrected chi connectivity index (χ4v) is 4.06. The third-order valence-electron chi connectivity index (χ3n) is 5.79. The van der Waals surface area contributed by atoms with Crippen LogP contribution in [0.4, 0.5) is 32.0 Å². The predicted molar refractivity (Wildman–Crippen MR) is 91.1 cm³/mol. The Morgan fingerprint density at radius 2 is 1.55 bits per heavy atom. The van der Waals surface area contributed by atoms with Crippen LogP contribution < -0.4 is 4.90 Å².